The average molecular weight is 407 g/mol. The highest BCUT2D eigenvalue weighted by Crippen LogP contribution is 2.30. The van der Waals surface area contributed by atoms with Crippen LogP contribution in [0.3, 0.4) is 0 Å². The predicted molar refractivity (Wildman–Crippen MR) is 110 cm³/mol. The third-order valence-electron chi connectivity index (χ3n) is 3.88. The largest absolute Gasteiger partial charge is 0.412 e. The van der Waals surface area contributed by atoms with Gasteiger partial charge in [-0.15, -0.1) is 10.2 Å². The summed E-state index contributed by atoms with van der Waals surface area (Å²) in [7, 11) is 0. The molecule has 2 heterocycles. The van der Waals surface area contributed by atoms with Crippen LogP contribution in [0.2, 0.25) is 0 Å². The van der Waals surface area contributed by atoms with Crippen LogP contribution < -0.4 is 16.0 Å². The summed E-state index contributed by atoms with van der Waals surface area (Å²) in [5.41, 5.74) is 2.59. The molecule has 1 aromatic carbocycles. The van der Waals surface area contributed by atoms with E-state index < -0.39 is 5.91 Å². The Kier molecular flexibility index (Phi) is 6.56. The van der Waals surface area contributed by atoms with E-state index in [0.717, 1.165) is 5.69 Å². The Balaban J connectivity index is 1.86. The molecule has 0 fully saturated rings. The number of hydrogen-bond donors (Lipinski definition) is 4. The van der Waals surface area contributed by atoms with E-state index >= 15 is 0 Å². The number of amides is 1. The first-order valence-corrected chi connectivity index (χ1v) is 9.27. The Morgan fingerprint density at radius 1 is 1.27 bits per heavy atom. The van der Waals surface area contributed by atoms with Crippen molar-refractivity contribution in [3.63, 3.8) is 0 Å². The lowest BCUT2D eigenvalue weighted by molar-refractivity contribution is 0.0910. The van der Waals surface area contributed by atoms with E-state index in [1.807, 2.05) is 13.8 Å². The maximum atomic E-state index is 11.9. The summed E-state index contributed by atoms with van der Waals surface area (Å²) in [5, 5.41) is 34.4. The Morgan fingerprint density at radius 2 is 2.03 bits per heavy atom. The lowest BCUT2D eigenvalue weighted by Crippen LogP contribution is -2.26. The van der Waals surface area contributed by atoms with Crippen LogP contribution in [-0.2, 0) is 0 Å². The van der Waals surface area contributed by atoms with Crippen LogP contribution in [0.15, 0.2) is 40.9 Å². The van der Waals surface area contributed by atoms with Crippen LogP contribution in [0, 0.1) is 11.3 Å². The molecule has 10 nitrogen and oxygen atoms in total. The smallest absolute Gasteiger partial charge is 0.308 e. The van der Waals surface area contributed by atoms with E-state index in [1.165, 1.54) is 0 Å². The lowest BCUT2D eigenvalue weighted by atomic mass is 10.2. The molecule has 1 amide bonds. The normalized spacial score (nSPS) is 10.5. The molecule has 10 heteroatoms. The molecule has 3 aromatic rings. The van der Waals surface area contributed by atoms with Gasteiger partial charge in [0.1, 0.15) is 5.82 Å². The number of nitrogens with zero attached hydrogens (tertiary/aromatic N) is 4. The van der Waals surface area contributed by atoms with Gasteiger partial charge in [0.25, 0.3) is 5.89 Å². The van der Waals surface area contributed by atoms with E-state index in [9.17, 15) is 4.79 Å². The number of carbonyl (C=O) groups excluding carboxylic acids is 1. The third kappa shape index (κ3) is 5.09. The molecule has 0 aliphatic heterocycles. The standard InChI is InChI=1S/C20H21N7O3/c1-12(2)24-16-9-17(25-14-5-3-13(10-21)4-6-14)23-11-15(16)19-26-27-20(30-19)18(29)22-7-8-28/h3-6,9,11-12,28H,7-8H2,1-2H3,(H,22,29)(H2,23,24,25). The molecule has 0 unspecified atom stereocenters. The lowest BCUT2D eigenvalue weighted by Gasteiger charge is -2.15. The van der Waals surface area contributed by atoms with Gasteiger partial charge in [-0.05, 0) is 38.1 Å². The zero-order valence-electron chi connectivity index (χ0n) is 16.5. The predicted octanol–water partition coefficient (Wildman–Crippen LogP) is 2.29. The van der Waals surface area contributed by atoms with Crippen LogP contribution >= 0.6 is 0 Å². The number of nitrogens with one attached hydrogen (secondary N) is 3. The SMILES string of the molecule is CC(C)Nc1cc(Nc2ccc(C#N)cc2)ncc1-c1nnc(C(=O)NCCO)o1. The van der Waals surface area contributed by atoms with Gasteiger partial charge in [0.15, 0.2) is 0 Å². The van der Waals surface area contributed by atoms with Crippen molar-refractivity contribution in [3.8, 4) is 17.5 Å². The number of aliphatic hydroxyl groups is 1. The first-order chi connectivity index (χ1) is 14.5. The molecule has 0 aliphatic carbocycles. The second kappa shape index (κ2) is 9.49. The minimum atomic E-state index is -0.562. The molecule has 0 saturated carbocycles. The van der Waals surface area contributed by atoms with Crippen molar-refractivity contribution in [1.29, 1.82) is 5.26 Å². The third-order valence-corrected chi connectivity index (χ3v) is 3.88. The summed E-state index contributed by atoms with van der Waals surface area (Å²) < 4.78 is 5.49. The number of aromatic nitrogens is 3. The molecule has 0 bridgehead atoms. The van der Waals surface area contributed by atoms with Gasteiger partial charge in [0.2, 0.25) is 0 Å². The highest BCUT2D eigenvalue weighted by Gasteiger charge is 2.19. The zero-order valence-corrected chi connectivity index (χ0v) is 16.5. The molecule has 0 saturated heterocycles. The average Bonchev–Trinajstić information content (AvgIpc) is 3.22. The molecule has 4 N–H and O–H groups in total. The molecule has 154 valence electrons. The van der Waals surface area contributed by atoms with Gasteiger partial charge >= 0.3 is 11.8 Å². The number of nitriles is 1. The summed E-state index contributed by atoms with van der Waals surface area (Å²) in [4.78, 5) is 16.3. The number of rotatable bonds is 8. The maximum Gasteiger partial charge on any atom is 0.308 e. The van der Waals surface area contributed by atoms with Crippen molar-refractivity contribution >= 4 is 23.1 Å². The molecule has 0 aliphatic rings. The highest BCUT2D eigenvalue weighted by atomic mass is 16.4. The quantitative estimate of drug-likeness (QED) is 0.441. The molecule has 0 spiro atoms. The number of aliphatic hydroxyl groups excluding tert-OH is 1. The van der Waals surface area contributed by atoms with Crippen molar-refractivity contribution < 1.29 is 14.3 Å². The van der Waals surface area contributed by atoms with Crippen molar-refractivity contribution in [3.05, 3.63) is 48.0 Å². The van der Waals surface area contributed by atoms with Crippen LogP contribution in [-0.4, -0.2) is 45.4 Å². The van der Waals surface area contributed by atoms with Crippen LogP contribution in [0.1, 0.15) is 30.1 Å². The number of hydrogen-bond acceptors (Lipinski definition) is 9. The summed E-state index contributed by atoms with van der Waals surface area (Å²) in [6, 6.07) is 11.0. The first-order valence-electron chi connectivity index (χ1n) is 9.27. The summed E-state index contributed by atoms with van der Waals surface area (Å²) in [6.45, 7) is 3.87. The first kappa shape index (κ1) is 20.8. The molecule has 30 heavy (non-hydrogen) atoms. The van der Waals surface area contributed by atoms with Gasteiger partial charge in [-0.3, -0.25) is 4.79 Å². The van der Waals surface area contributed by atoms with E-state index in [2.05, 4.69) is 37.2 Å². The van der Waals surface area contributed by atoms with Crippen LogP contribution in [0.25, 0.3) is 11.5 Å². The molecule has 2 aromatic heterocycles. The van der Waals surface area contributed by atoms with Gasteiger partial charge in [0.05, 0.1) is 29.5 Å². The fourth-order valence-corrected chi connectivity index (χ4v) is 2.57. The Bertz CT molecular complexity index is 1060. The Labute approximate surface area is 173 Å². The highest BCUT2D eigenvalue weighted by molar-refractivity contribution is 5.89. The fourth-order valence-electron chi connectivity index (χ4n) is 2.57. The van der Waals surface area contributed by atoms with Gasteiger partial charge in [-0.25, -0.2) is 4.98 Å². The maximum absolute atomic E-state index is 11.9. The second-order valence-corrected chi connectivity index (χ2v) is 6.62. The van der Waals surface area contributed by atoms with Gasteiger partial charge in [-0.2, -0.15) is 5.26 Å². The number of pyridine rings is 1. The number of benzene rings is 1. The van der Waals surface area contributed by atoms with E-state index in [1.54, 1.807) is 36.5 Å². The van der Waals surface area contributed by atoms with Crippen LogP contribution in [0.5, 0.6) is 0 Å². The Morgan fingerprint density at radius 3 is 2.70 bits per heavy atom. The topological polar surface area (TPSA) is 149 Å². The van der Waals surface area contributed by atoms with Crippen LogP contribution in [0.4, 0.5) is 17.2 Å². The molecular weight excluding hydrogens is 386 g/mol. The van der Waals surface area contributed by atoms with Gasteiger partial charge in [-0.1, -0.05) is 0 Å². The minimum Gasteiger partial charge on any atom is -0.412 e. The fraction of sp³-hybridized carbons (Fsp3) is 0.250. The summed E-state index contributed by atoms with van der Waals surface area (Å²) in [5.74, 6) is -0.0429. The van der Waals surface area contributed by atoms with Gasteiger partial charge < -0.3 is 25.5 Å². The van der Waals surface area contributed by atoms with E-state index in [-0.39, 0.29) is 31.0 Å². The molecule has 0 radical (unpaired) electrons. The molecular formula is C20H21N7O3. The number of anilines is 3. The van der Waals surface area contributed by atoms with Crippen molar-refractivity contribution in [2.75, 3.05) is 23.8 Å². The van der Waals surface area contributed by atoms with Crippen molar-refractivity contribution in [2.45, 2.75) is 19.9 Å². The van der Waals surface area contributed by atoms with E-state index in [4.69, 9.17) is 14.8 Å². The zero-order chi connectivity index (χ0) is 21.5. The van der Waals surface area contributed by atoms with Crippen molar-refractivity contribution in [1.82, 2.24) is 20.5 Å². The van der Waals surface area contributed by atoms with Crippen molar-refractivity contribution in [2.24, 2.45) is 0 Å². The summed E-state index contributed by atoms with van der Waals surface area (Å²) in [6.07, 6.45) is 1.57. The monoisotopic (exact) mass is 407 g/mol. The minimum absolute atomic E-state index is 0.0912. The number of carbonyl (C=O) groups is 1. The van der Waals surface area contributed by atoms with E-state index in [0.29, 0.717) is 22.6 Å². The molecule has 3 rings (SSSR count). The Hall–Kier alpha value is -3.97. The molecule has 0 atom stereocenters. The van der Waals surface area contributed by atoms with Gasteiger partial charge in [0, 0.05) is 30.5 Å². The summed E-state index contributed by atoms with van der Waals surface area (Å²) >= 11 is 0. The second-order valence-electron chi connectivity index (χ2n) is 6.62.